The molecule has 4 heteroatoms. The quantitative estimate of drug-likeness (QED) is 0.622. The normalized spacial score (nSPS) is 18.0. The maximum absolute atomic E-state index is 12.3. The number of esters is 1. The second-order valence-electron chi connectivity index (χ2n) is 5.19. The van der Waals surface area contributed by atoms with Crippen molar-refractivity contribution >= 4 is 21.9 Å². The highest BCUT2D eigenvalue weighted by molar-refractivity contribution is 9.10. The Hall–Kier alpha value is -0.900. The third-order valence-electron chi connectivity index (χ3n) is 3.81. The van der Waals surface area contributed by atoms with E-state index in [9.17, 15) is 4.79 Å². The summed E-state index contributed by atoms with van der Waals surface area (Å²) in [6.45, 7) is 2.32. The van der Waals surface area contributed by atoms with Gasteiger partial charge in [-0.25, -0.2) is 4.98 Å². The van der Waals surface area contributed by atoms with Crippen LogP contribution < -0.4 is 0 Å². The molecule has 0 radical (unpaired) electrons. The number of aromatic nitrogens is 1. The minimum absolute atomic E-state index is 0.0449. The van der Waals surface area contributed by atoms with Crippen LogP contribution in [0.4, 0.5) is 0 Å². The molecule has 0 saturated heterocycles. The van der Waals surface area contributed by atoms with Gasteiger partial charge in [-0.1, -0.05) is 25.3 Å². The van der Waals surface area contributed by atoms with Crippen LogP contribution in [0, 0.1) is 5.41 Å². The molecule has 0 N–H and O–H groups in total. The highest BCUT2D eigenvalue weighted by Crippen LogP contribution is 2.40. The van der Waals surface area contributed by atoms with Crippen LogP contribution in [0.1, 0.15) is 44.7 Å². The van der Waals surface area contributed by atoms with Crippen LogP contribution in [0.25, 0.3) is 0 Å². The summed E-state index contributed by atoms with van der Waals surface area (Å²) >= 11 is 3.39. The smallest absolute Gasteiger partial charge is 0.312 e. The number of halogens is 1. The highest BCUT2D eigenvalue weighted by Gasteiger charge is 2.41. The second kappa shape index (κ2) is 6.51. The average molecular weight is 326 g/mol. The van der Waals surface area contributed by atoms with Crippen molar-refractivity contribution in [2.24, 2.45) is 5.41 Å². The average Bonchev–Trinajstić information content (AvgIpc) is 2.40. The molecule has 0 atom stereocenters. The number of rotatable bonds is 4. The number of hydrogen-bond donors (Lipinski definition) is 0. The Morgan fingerprint density at radius 2 is 2.11 bits per heavy atom. The second-order valence-corrected chi connectivity index (χ2v) is 6.00. The summed E-state index contributed by atoms with van der Waals surface area (Å²) in [5.41, 5.74) is 0.603. The lowest BCUT2D eigenvalue weighted by Crippen LogP contribution is -2.37. The van der Waals surface area contributed by atoms with Crippen molar-refractivity contribution in [3.8, 4) is 0 Å². The van der Waals surface area contributed by atoms with Crippen LogP contribution >= 0.6 is 15.9 Å². The number of carbonyl (C=O) groups excluding carboxylic acids is 1. The van der Waals surface area contributed by atoms with Crippen molar-refractivity contribution < 1.29 is 9.53 Å². The molecular formula is C15H20BrNO2. The molecule has 0 spiro atoms. The van der Waals surface area contributed by atoms with E-state index in [1.165, 1.54) is 6.42 Å². The summed E-state index contributed by atoms with van der Waals surface area (Å²) in [6, 6.07) is 5.86. The molecule has 0 amide bonds. The predicted molar refractivity (Wildman–Crippen MR) is 77.8 cm³/mol. The topological polar surface area (TPSA) is 39.2 Å². The van der Waals surface area contributed by atoms with E-state index >= 15 is 0 Å². The Kier molecular flexibility index (Phi) is 4.97. The molecule has 3 nitrogen and oxygen atoms in total. The SMILES string of the molecule is CCOC(=O)C1(Cc2cccc(Br)n2)CCCCC1. The van der Waals surface area contributed by atoms with Gasteiger partial charge in [-0.15, -0.1) is 0 Å². The Labute approximate surface area is 122 Å². The van der Waals surface area contributed by atoms with Crippen LogP contribution in [0.5, 0.6) is 0 Å². The van der Waals surface area contributed by atoms with Gasteiger partial charge in [0.25, 0.3) is 0 Å². The van der Waals surface area contributed by atoms with Gasteiger partial charge < -0.3 is 4.74 Å². The molecule has 2 rings (SSSR count). The summed E-state index contributed by atoms with van der Waals surface area (Å²) < 4.78 is 6.13. The summed E-state index contributed by atoms with van der Waals surface area (Å²) in [7, 11) is 0. The summed E-state index contributed by atoms with van der Waals surface area (Å²) in [5.74, 6) is -0.0449. The predicted octanol–water partition coefficient (Wildman–Crippen LogP) is 3.90. The van der Waals surface area contributed by atoms with Gasteiger partial charge in [0, 0.05) is 12.1 Å². The van der Waals surface area contributed by atoms with Crippen molar-refractivity contribution in [3.63, 3.8) is 0 Å². The molecule has 1 aliphatic carbocycles. The van der Waals surface area contributed by atoms with Crippen molar-refractivity contribution in [2.45, 2.75) is 45.4 Å². The fourth-order valence-electron chi connectivity index (χ4n) is 2.86. The highest BCUT2D eigenvalue weighted by atomic mass is 79.9. The molecule has 0 aliphatic heterocycles. The third-order valence-corrected chi connectivity index (χ3v) is 4.25. The minimum atomic E-state index is -0.359. The Morgan fingerprint density at radius 1 is 1.37 bits per heavy atom. The zero-order valence-corrected chi connectivity index (χ0v) is 12.9. The number of nitrogens with zero attached hydrogens (tertiary/aromatic N) is 1. The zero-order chi connectivity index (χ0) is 13.7. The molecule has 1 heterocycles. The Bertz CT molecular complexity index is 442. The van der Waals surface area contributed by atoms with Crippen LogP contribution in [-0.2, 0) is 16.0 Å². The molecule has 1 aromatic rings. The summed E-state index contributed by atoms with van der Waals surface area (Å²) in [4.78, 5) is 16.8. The van der Waals surface area contributed by atoms with Crippen molar-refractivity contribution in [3.05, 3.63) is 28.5 Å². The van der Waals surface area contributed by atoms with Gasteiger partial charge in [0.2, 0.25) is 0 Å². The number of hydrogen-bond acceptors (Lipinski definition) is 3. The van der Waals surface area contributed by atoms with Gasteiger partial charge in [-0.05, 0) is 47.8 Å². The van der Waals surface area contributed by atoms with E-state index < -0.39 is 0 Å². The lowest BCUT2D eigenvalue weighted by atomic mass is 9.71. The van der Waals surface area contributed by atoms with Gasteiger partial charge in [-0.2, -0.15) is 0 Å². The van der Waals surface area contributed by atoms with Crippen molar-refractivity contribution in [2.75, 3.05) is 6.61 Å². The molecule has 0 aromatic carbocycles. The fourth-order valence-corrected chi connectivity index (χ4v) is 3.24. The third kappa shape index (κ3) is 3.56. The molecule has 1 aliphatic rings. The van der Waals surface area contributed by atoms with Crippen molar-refractivity contribution in [1.82, 2.24) is 4.98 Å². The Balaban J connectivity index is 2.20. The minimum Gasteiger partial charge on any atom is -0.466 e. The fraction of sp³-hybridized carbons (Fsp3) is 0.600. The van der Waals surface area contributed by atoms with Gasteiger partial charge >= 0.3 is 5.97 Å². The first kappa shape index (κ1) is 14.5. The lowest BCUT2D eigenvalue weighted by molar-refractivity contribution is -0.157. The maximum atomic E-state index is 12.3. The summed E-state index contributed by atoms with van der Waals surface area (Å²) in [6.07, 6.45) is 5.94. The standard InChI is InChI=1S/C15H20BrNO2/c1-2-19-14(18)15(9-4-3-5-10-15)11-12-7-6-8-13(16)17-12/h6-8H,2-5,9-11H2,1H3. The molecule has 1 saturated carbocycles. The van der Waals surface area contributed by atoms with E-state index in [1.54, 1.807) is 0 Å². The molecule has 0 unspecified atom stereocenters. The first-order chi connectivity index (χ1) is 9.16. The van der Waals surface area contributed by atoms with Gasteiger partial charge in [0.05, 0.1) is 12.0 Å². The maximum Gasteiger partial charge on any atom is 0.312 e. The molecule has 1 fully saturated rings. The molecule has 1 aromatic heterocycles. The first-order valence-electron chi connectivity index (χ1n) is 6.95. The van der Waals surface area contributed by atoms with Crippen LogP contribution in [0.3, 0.4) is 0 Å². The zero-order valence-electron chi connectivity index (χ0n) is 11.3. The van der Waals surface area contributed by atoms with E-state index in [0.717, 1.165) is 36.0 Å². The molecule has 104 valence electrons. The lowest BCUT2D eigenvalue weighted by Gasteiger charge is -2.34. The largest absolute Gasteiger partial charge is 0.466 e. The van der Waals surface area contributed by atoms with E-state index in [0.29, 0.717) is 13.0 Å². The van der Waals surface area contributed by atoms with Crippen LogP contribution in [-0.4, -0.2) is 17.6 Å². The first-order valence-corrected chi connectivity index (χ1v) is 7.74. The summed E-state index contributed by atoms with van der Waals surface area (Å²) in [5, 5.41) is 0. The van der Waals surface area contributed by atoms with Crippen molar-refractivity contribution in [1.29, 1.82) is 0 Å². The Morgan fingerprint density at radius 3 is 2.74 bits per heavy atom. The number of ether oxygens (including phenoxy) is 1. The van der Waals surface area contributed by atoms with E-state index in [1.807, 2.05) is 25.1 Å². The number of carbonyl (C=O) groups is 1. The van der Waals surface area contributed by atoms with Crippen LogP contribution in [0.2, 0.25) is 0 Å². The molecule has 0 bridgehead atoms. The van der Waals surface area contributed by atoms with Crippen LogP contribution in [0.15, 0.2) is 22.8 Å². The van der Waals surface area contributed by atoms with Gasteiger partial charge in [0.15, 0.2) is 0 Å². The molecular weight excluding hydrogens is 306 g/mol. The number of pyridine rings is 1. The molecule has 19 heavy (non-hydrogen) atoms. The monoisotopic (exact) mass is 325 g/mol. The van der Waals surface area contributed by atoms with E-state index in [2.05, 4.69) is 20.9 Å². The van der Waals surface area contributed by atoms with E-state index in [4.69, 9.17) is 4.74 Å². The van der Waals surface area contributed by atoms with E-state index in [-0.39, 0.29) is 11.4 Å². The van der Waals surface area contributed by atoms with Gasteiger partial charge in [-0.3, -0.25) is 4.79 Å². The van der Waals surface area contributed by atoms with Gasteiger partial charge in [0.1, 0.15) is 4.60 Å².